The Kier molecular flexibility index (Phi) is 5.09. The van der Waals surface area contributed by atoms with Crippen molar-refractivity contribution >= 4 is 21.7 Å². The van der Waals surface area contributed by atoms with Gasteiger partial charge >= 0.3 is 0 Å². The summed E-state index contributed by atoms with van der Waals surface area (Å²) in [6, 6.07) is 9.77. The van der Waals surface area contributed by atoms with Gasteiger partial charge in [0.1, 0.15) is 5.69 Å². The van der Waals surface area contributed by atoms with Crippen LogP contribution in [0.3, 0.4) is 0 Å². The lowest BCUT2D eigenvalue weighted by Gasteiger charge is -2.11. The number of hydrogen-bond acceptors (Lipinski definition) is 3. The maximum Gasteiger partial charge on any atom is 0.186 e. The van der Waals surface area contributed by atoms with Crippen LogP contribution in [0.1, 0.15) is 16.1 Å². The zero-order valence-electron chi connectivity index (χ0n) is 11.7. The molecular weight excluding hydrogens is 318 g/mol. The molecule has 106 valence electrons. The van der Waals surface area contributed by atoms with Crippen LogP contribution in [0.4, 0.5) is 0 Å². The van der Waals surface area contributed by atoms with Crippen molar-refractivity contribution in [1.82, 2.24) is 14.7 Å². The first-order valence-electron chi connectivity index (χ1n) is 6.51. The molecule has 2 aromatic rings. The Labute approximate surface area is 127 Å². The second-order valence-electron chi connectivity index (χ2n) is 4.95. The number of likely N-dealkylation sites (N-methyl/N-ethyl adjacent to an activating group) is 1. The molecule has 1 aromatic carbocycles. The molecule has 0 saturated heterocycles. The number of aromatic nitrogens is 2. The van der Waals surface area contributed by atoms with Crippen LogP contribution in [0.2, 0.25) is 0 Å². The van der Waals surface area contributed by atoms with E-state index in [0.717, 1.165) is 16.6 Å². The topological polar surface area (TPSA) is 38.1 Å². The van der Waals surface area contributed by atoms with E-state index in [4.69, 9.17) is 0 Å². The van der Waals surface area contributed by atoms with Crippen LogP contribution in [0, 0.1) is 0 Å². The Hall–Kier alpha value is -1.46. The maximum atomic E-state index is 12.5. The lowest BCUT2D eigenvalue weighted by molar-refractivity contribution is 0.0981. The Bertz CT molecular complexity index is 578. The standard InChI is InChI=1S/C15H18BrN3O/c1-18(2)8-9-19-15(13(16)11-17-19)14(20)10-12-6-4-3-5-7-12/h3-7,11H,8-10H2,1-2H3. The van der Waals surface area contributed by atoms with Gasteiger partial charge < -0.3 is 4.90 Å². The fourth-order valence-electron chi connectivity index (χ4n) is 1.97. The summed E-state index contributed by atoms with van der Waals surface area (Å²) in [5.74, 6) is 0.0827. The predicted molar refractivity (Wildman–Crippen MR) is 83.0 cm³/mol. The molecule has 0 radical (unpaired) electrons. The van der Waals surface area contributed by atoms with Gasteiger partial charge in [-0.3, -0.25) is 9.48 Å². The number of benzene rings is 1. The minimum absolute atomic E-state index is 0.0827. The van der Waals surface area contributed by atoms with E-state index < -0.39 is 0 Å². The van der Waals surface area contributed by atoms with Crippen molar-refractivity contribution in [2.75, 3.05) is 20.6 Å². The minimum atomic E-state index is 0.0827. The van der Waals surface area contributed by atoms with E-state index in [1.807, 2.05) is 44.4 Å². The number of nitrogens with zero attached hydrogens (tertiary/aromatic N) is 3. The summed E-state index contributed by atoms with van der Waals surface area (Å²) in [7, 11) is 4.01. The lowest BCUT2D eigenvalue weighted by Crippen LogP contribution is -2.22. The number of carbonyl (C=O) groups is 1. The van der Waals surface area contributed by atoms with E-state index in [2.05, 4.69) is 25.9 Å². The molecule has 0 bridgehead atoms. The highest BCUT2D eigenvalue weighted by Gasteiger charge is 2.17. The number of carbonyl (C=O) groups excluding carboxylic acids is 1. The Morgan fingerprint density at radius 1 is 1.30 bits per heavy atom. The summed E-state index contributed by atoms with van der Waals surface area (Å²) in [5, 5.41) is 4.27. The summed E-state index contributed by atoms with van der Waals surface area (Å²) in [6.45, 7) is 1.55. The molecule has 0 N–H and O–H groups in total. The molecule has 0 aliphatic rings. The van der Waals surface area contributed by atoms with Crippen molar-refractivity contribution in [1.29, 1.82) is 0 Å². The highest BCUT2D eigenvalue weighted by molar-refractivity contribution is 9.10. The van der Waals surface area contributed by atoms with Crippen LogP contribution in [0.15, 0.2) is 41.0 Å². The third-order valence-electron chi connectivity index (χ3n) is 3.03. The molecule has 0 atom stereocenters. The summed E-state index contributed by atoms with van der Waals surface area (Å²) in [5.41, 5.74) is 1.67. The largest absolute Gasteiger partial charge is 0.308 e. The zero-order valence-corrected chi connectivity index (χ0v) is 13.3. The third kappa shape index (κ3) is 3.77. The Morgan fingerprint density at radius 2 is 2.00 bits per heavy atom. The van der Waals surface area contributed by atoms with Crippen LogP contribution < -0.4 is 0 Å². The van der Waals surface area contributed by atoms with Gasteiger partial charge in [0.2, 0.25) is 0 Å². The van der Waals surface area contributed by atoms with Crippen molar-refractivity contribution in [3.8, 4) is 0 Å². The van der Waals surface area contributed by atoms with Gasteiger partial charge in [-0.25, -0.2) is 0 Å². The van der Waals surface area contributed by atoms with Crippen molar-refractivity contribution in [2.45, 2.75) is 13.0 Å². The average Bonchev–Trinajstić information content (AvgIpc) is 2.78. The first-order chi connectivity index (χ1) is 9.58. The number of hydrogen-bond donors (Lipinski definition) is 0. The van der Waals surface area contributed by atoms with Crippen LogP contribution in [0.5, 0.6) is 0 Å². The molecule has 0 unspecified atom stereocenters. The van der Waals surface area contributed by atoms with Gasteiger partial charge in [0, 0.05) is 13.0 Å². The molecule has 0 aliphatic heterocycles. The molecule has 20 heavy (non-hydrogen) atoms. The first-order valence-corrected chi connectivity index (χ1v) is 7.30. The summed E-state index contributed by atoms with van der Waals surface area (Å²) >= 11 is 3.42. The van der Waals surface area contributed by atoms with Crippen molar-refractivity contribution in [3.63, 3.8) is 0 Å². The van der Waals surface area contributed by atoms with E-state index in [-0.39, 0.29) is 5.78 Å². The monoisotopic (exact) mass is 335 g/mol. The zero-order chi connectivity index (χ0) is 14.5. The normalized spacial score (nSPS) is 11.0. The predicted octanol–water partition coefficient (Wildman–Crippen LogP) is 2.63. The molecular formula is C15H18BrN3O. The first kappa shape index (κ1) is 14.9. The molecule has 4 nitrogen and oxygen atoms in total. The third-order valence-corrected chi connectivity index (χ3v) is 3.61. The lowest BCUT2D eigenvalue weighted by atomic mass is 10.1. The SMILES string of the molecule is CN(C)CCn1ncc(Br)c1C(=O)Cc1ccccc1. The number of ketones is 1. The summed E-state index contributed by atoms with van der Waals surface area (Å²) in [6.07, 6.45) is 2.08. The van der Waals surface area contributed by atoms with Crippen LogP contribution in [-0.2, 0) is 13.0 Å². The molecule has 2 rings (SSSR count). The Balaban J connectivity index is 2.15. The van der Waals surface area contributed by atoms with Gasteiger partial charge in [-0.15, -0.1) is 0 Å². The van der Waals surface area contributed by atoms with E-state index in [1.165, 1.54) is 0 Å². The summed E-state index contributed by atoms with van der Waals surface area (Å²) in [4.78, 5) is 14.5. The smallest absolute Gasteiger partial charge is 0.186 e. The van der Waals surface area contributed by atoms with E-state index in [1.54, 1.807) is 10.9 Å². The van der Waals surface area contributed by atoms with Crippen molar-refractivity contribution < 1.29 is 4.79 Å². The van der Waals surface area contributed by atoms with Gasteiger partial charge in [-0.2, -0.15) is 5.10 Å². The quantitative estimate of drug-likeness (QED) is 0.761. The highest BCUT2D eigenvalue weighted by Crippen LogP contribution is 2.18. The second-order valence-corrected chi connectivity index (χ2v) is 5.81. The molecule has 1 aromatic heterocycles. The van der Waals surface area contributed by atoms with Crippen LogP contribution >= 0.6 is 15.9 Å². The average molecular weight is 336 g/mol. The van der Waals surface area contributed by atoms with Gasteiger partial charge in [0.25, 0.3) is 0 Å². The second kappa shape index (κ2) is 6.81. The van der Waals surface area contributed by atoms with Crippen LogP contribution in [-0.4, -0.2) is 41.1 Å². The highest BCUT2D eigenvalue weighted by atomic mass is 79.9. The van der Waals surface area contributed by atoms with E-state index in [0.29, 0.717) is 18.7 Å². The van der Waals surface area contributed by atoms with E-state index in [9.17, 15) is 4.79 Å². The van der Waals surface area contributed by atoms with Crippen LogP contribution in [0.25, 0.3) is 0 Å². The number of rotatable bonds is 6. The fourth-order valence-corrected chi connectivity index (χ4v) is 2.49. The molecule has 0 fully saturated rings. The number of Topliss-reactive ketones (excluding diaryl/α,β-unsaturated/α-hetero) is 1. The molecule has 0 saturated carbocycles. The molecule has 5 heteroatoms. The molecule has 0 amide bonds. The fraction of sp³-hybridized carbons (Fsp3) is 0.333. The maximum absolute atomic E-state index is 12.5. The van der Waals surface area contributed by atoms with Gasteiger partial charge in [-0.05, 0) is 35.6 Å². The number of halogens is 1. The molecule has 0 spiro atoms. The molecule has 1 heterocycles. The van der Waals surface area contributed by atoms with Gasteiger partial charge in [0.15, 0.2) is 5.78 Å². The van der Waals surface area contributed by atoms with E-state index >= 15 is 0 Å². The van der Waals surface area contributed by atoms with Gasteiger partial charge in [-0.1, -0.05) is 30.3 Å². The van der Waals surface area contributed by atoms with Crippen molar-refractivity contribution in [2.24, 2.45) is 0 Å². The van der Waals surface area contributed by atoms with Gasteiger partial charge in [0.05, 0.1) is 17.2 Å². The summed E-state index contributed by atoms with van der Waals surface area (Å²) < 4.78 is 2.53. The van der Waals surface area contributed by atoms with Crippen molar-refractivity contribution in [3.05, 3.63) is 52.3 Å². The minimum Gasteiger partial charge on any atom is -0.308 e. The Morgan fingerprint density at radius 3 is 2.65 bits per heavy atom. The molecule has 0 aliphatic carbocycles.